The van der Waals surface area contributed by atoms with Gasteiger partial charge in [-0.15, -0.1) is 0 Å². The maximum atomic E-state index is 12.9. The van der Waals surface area contributed by atoms with E-state index in [1.165, 1.54) is 7.11 Å². The lowest BCUT2D eigenvalue weighted by Crippen LogP contribution is -2.52. The fourth-order valence-electron chi connectivity index (χ4n) is 3.85. The highest BCUT2D eigenvalue weighted by molar-refractivity contribution is 5.89. The number of urea groups is 1. The zero-order valence-electron chi connectivity index (χ0n) is 22.7. The van der Waals surface area contributed by atoms with Gasteiger partial charge < -0.3 is 30.7 Å². The summed E-state index contributed by atoms with van der Waals surface area (Å²) in [5.41, 5.74) is 2.54. The first-order valence-corrected chi connectivity index (χ1v) is 12.8. The Morgan fingerprint density at radius 3 is 1.82 bits per heavy atom. The van der Waals surface area contributed by atoms with Crippen molar-refractivity contribution in [3.8, 4) is 5.75 Å². The van der Waals surface area contributed by atoms with E-state index in [-0.39, 0.29) is 25.0 Å². The van der Waals surface area contributed by atoms with Crippen LogP contribution in [0.5, 0.6) is 5.75 Å². The molecule has 3 rings (SSSR count). The smallest absolute Gasteiger partial charge is 0.413 e. The molecule has 0 heterocycles. The van der Waals surface area contributed by atoms with Crippen molar-refractivity contribution in [3.05, 3.63) is 102 Å². The van der Waals surface area contributed by atoms with E-state index in [1.807, 2.05) is 74.5 Å². The van der Waals surface area contributed by atoms with Crippen LogP contribution in [0.3, 0.4) is 0 Å². The molecule has 0 aliphatic rings. The van der Waals surface area contributed by atoms with Crippen LogP contribution in [0.15, 0.2) is 84.9 Å². The van der Waals surface area contributed by atoms with Gasteiger partial charge in [-0.1, -0.05) is 72.8 Å². The summed E-state index contributed by atoms with van der Waals surface area (Å²) < 4.78 is 9.96. The quantitative estimate of drug-likeness (QED) is 0.270. The Morgan fingerprint density at radius 1 is 0.725 bits per heavy atom. The zero-order valence-corrected chi connectivity index (χ0v) is 22.7. The van der Waals surface area contributed by atoms with Crippen molar-refractivity contribution in [2.45, 2.75) is 38.4 Å². The van der Waals surface area contributed by atoms with E-state index in [4.69, 9.17) is 4.74 Å². The molecule has 0 aromatic heterocycles. The second-order valence-electron chi connectivity index (χ2n) is 9.11. The van der Waals surface area contributed by atoms with Gasteiger partial charge in [-0.05, 0) is 42.7 Å². The summed E-state index contributed by atoms with van der Waals surface area (Å²) in [5.74, 6) is -0.853. The summed E-state index contributed by atoms with van der Waals surface area (Å²) >= 11 is 0. The van der Waals surface area contributed by atoms with E-state index in [1.54, 1.807) is 24.3 Å². The zero-order chi connectivity index (χ0) is 28.9. The molecule has 4 amide bonds. The molecule has 0 radical (unpaired) electrons. The van der Waals surface area contributed by atoms with Crippen molar-refractivity contribution in [3.63, 3.8) is 0 Å². The molecular formula is C30H34N4O6. The molecule has 4 N–H and O–H groups in total. The molecule has 0 saturated carbocycles. The first kappa shape index (κ1) is 29.7. The van der Waals surface area contributed by atoms with Gasteiger partial charge in [-0.3, -0.25) is 9.59 Å². The minimum Gasteiger partial charge on any atom is -0.468 e. The van der Waals surface area contributed by atoms with E-state index < -0.39 is 30.0 Å². The fraction of sp³-hybridized carbons (Fsp3) is 0.267. The maximum Gasteiger partial charge on any atom is 0.413 e. The minimum absolute atomic E-state index is 0.123. The van der Waals surface area contributed by atoms with Crippen molar-refractivity contribution in [2.24, 2.45) is 0 Å². The molecule has 0 aliphatic carbocycles. The number of rotatable bonds is 11. The van der Waals surface area contributed by atoms with E-state index >= 15 is 0 Å². The summed E-state index contributed by atoms with van der Waals surface area (Å²) in [5, 5.41) is 10.8. The van der Waals surface area contributed by atoms with Gasteiger partial charge in [0.1, 0.15) is 18.3 Å². The number of nitrogens with one attached hydrogen (secondary N) is 4. The molecule has 3 aromatic rings. The highest BCUT2D eigenvalue weighted by Gasteiger charge is 2.23. The number of hydrogen-bond acceptors (Lipinski definition) is 6. The number of methoxy groups -OCH3 is 1. The van der Waals surface area contributed by atoms with Crippen LogP contribution in [-0.2, 0) is 20.7 Å². The van der Waals surface area contributed by atoms with Crippen LogP contribution >= 0.6 is 0 Å². The Hall–Kier alpha value is -4.86. The third kappa shape index (κ3) is 9.46. The molecule has 0 bridgehead atoms. The van der Waals surface area contributed by atoms with Crippen LogP contribution in [0.4, 0.5) is 9.59 Å². The van der Waals surface area contributed by atoms with Crippen molar-refractivity contribution in [1.82, 2.24) is 21.3 Å². The average Bonchev–Trinajstić information content (AvgIpc) is 2.97. The molecule has 3 aromatic carbocycles. The second-order valence-corrected chi connectivity index (χ2v) is 9.11. The van der Waals surface area contributed by atoms with E-state index in [9.17, 15) is 19.2 Å². The van der Waals surface area contributed by atoms with Gasteiger partial charge in [0.2, 0.25) is 5.91 Å². The molecule has 10 heteroatoms. The first-order chi connectivity index (χ1) is 19.2. The molecule has 0 fully saturated rings. The van der Waals surface area contributed by atoms with E-state index in [0.717, 1.165) is 11.1 Å². The third-order valence-corrected chi connectivity index (χ3v) is 6.11. The number of ether oxygens (including phenoxy) is 2. The van der Waals surface area contributed by atoms with Crippen LogP contribution in [0.2, 0.25) is 0 Å². The molecular weight excluding hydrogens is 512 g/mol. The molecule has 0 saturated heterocycles. The number of amides is 4. The Labute approximate surface area is 233 Å². The monoisotopic (exact) mass is 546 g/mol. The third-order valence-electron chi connectivity index (χ3n) is 6.11. The lowest BCUT2D eigenvalue weighted by atomic mass is 10.0. The highest BCUT2D eigenvalue weighted by Crippen LogP contribution is 2.16. The Kier molecular flexibility index (Phi) is 11.1. The first-order valence-electron chi connectivity index (χ1n) is 12.8. The van der Waals surface area contributed by atoms with Crippen molar-refractivity contribution >= 4 is 24.0 Å². The van der Waals surface area contributed by atoms with Gasteiger partial charge in [-0.25, -0.2) is 9.59 Å². The molecule has 0 spiro atoms. The number of carbonyl (C=O) groups excluding carboxylic acids is 4. The fourth-order valence-corrected chi connectivity index (χ4v) is 3.85. The topological polar surface area (TPSA) is 135 Å². The van der Waals surface area contributed by atoms with Crippen molar-refractivity contribution < 1.29 is 28.7 Å². The lowest BCUT2D eigenvalue weighted by molar-refractivity contribution is -0.141. The molecule has 10 nitrogen and oxygen atoms in total. The van der Waals surface area contributed by atoms with Gasteiger partial charge in [0.15, 0.2) is 0 Å². The summed E-state index contributed by atoms with van der Waals surface area (Å²) in [4.78, 5) is 49.4. The van der Waals surface area contributed by atoms with Gasteiger partial charge in [0.05, 0.1) is 19.2 Å². The molecule has 210 valence electrons. The molecule has 3 atom stereocenters. The van der Waals surface area contributed by atoms with Crippen molar-refractivity contribution in [1.29, 1.82) is 0 Å². The Balaban J connectivity index is 1.61. The predicted octanol–water partition coefficient (Wildman–Crippen LogP) is 3.80. The van der Waals surface area contributed by atoms with Gasteiger partial charge >= 0.3 is 18.1 Å². The number of esters is 1. The minimum atomic E-state index is -0.991. The van der Waals surface area contributed by atoms with Crippen LogP contribution in [0.25, 0.3) is 0 Å². The molecule has 1 unspecified atom stereocenters. The van der Waals surface area contributed by atoms with Crippen LogP contribution in [0.1, 0.15) is 42.6 Å². The van der Waals surface area contributed by atoms with Crippen LogP contribution in [-0.4, -0.2) is 43.7 Å². The molecule has 40 heavy (non-hydrogen) atoms. The van der Waals surface area contributed by atoms with Crippen LogP contribution < -0.4 is 26.0 Å². The predicted molar refractivity (Wildman–Crippen MR) is 150 cm³/mol. The van der Waals surface area contributed by atoms with E-state index in [2.05, 4.69) is 26.0 Å². The largest absolute Gasteiger partial charge is 0.468 e. The number of benzene rings is 3. The summed E-state index contributed by atoms with van der Waals surface area (Å²) in [6.45, 7) is 3.35. The summed E-state index contributed by atoms with van der Waals surface area (Å²) in [6.07, 6.45) is -0.479. The normalized spacial score (nSPS) is 12.7. The highest BCUT2D eigenvalue weighted by atomic mass is 16.6. The van der Waals surface area contributed by atoms with Crippen molar-refractivity contribution in [2.75, 3.05) is 13.7 Å². The van der Waals surface area contributed by atoms with E-state index in [0.29, 0.717) is 11.3 Å². The summed E-state index contributed by atoms with van der Waals surface area (Å²) in [7, 11) is 1.22. The summed E-state index contributed by atoms with van der Waals surface area (Å²) in [6, 6.07) is 23.4. The molecule has 0 aliphatic heterocycles. The Morgan fingerprint density at radius 2 is 1.27 bits per heavy atom. The van der Waals surface area contributed by atoms with Gasteiger partial charge in [0.25, 0.3) is 0 Å². The SMILES string of the molecule is COC(=O)CNC(=O)C(Cc1ccc(OC(=O)N[C@H](C)c2ccccc2)cc1)NC(=O)N[C@H](C)c1ccccc1. The number of carbonyl (C=O) groups is 4. The van der Waals surface area contributed by atoms with Gasteiger partial charge in [-0.2, -0.15) is 0 Å². The van der Waals surface area contributed by atoms with Gasteiger partial charge in [0, 0.05) is 6.42 Å². The number of hydrogen-bond donors (Lipinski definition) is 4. The maximum absolute atomic E-state index is 12.9. The Bertz CT molecular complexity index is 1270. The average molecular weight is 547 g/mol. The van der Waals surface area contributed by atoms with Crippen LogP contribution in [0, 0.1) is 0 Å². The second kappa shape index (κ2) is 14.9. The standard InChI is InChI=1S/C30H34N4O6/c1-20(23-10-6-4-7-11-23)32-29(37)34-26(28(36)31-19-27(35)39-3)18-22-14-16-25(17-15-22)40-30(38)33-21(2)24-12-8-5-9-13-24/h4-17,20-21,26H,18-19H2,1-3H3,(H,31,36)(H,33,38)(H2,32,34,37)/t20-,21-,26?/m1/s1. The lowest BCUT2D eigenvalue weighted by Gasteiger charge is -2.21.